The molecule has 9 atom stereocenters. The van der Waals surface area contributed by atoms with Gasteiger partial charge in [-0.1, -0.05) is 18.6 Å². The Morgan fingerprint density at radius 2 is 1.53 bits per heavy atom. The van der Waals surface area contributed by atoms with Crippen molar-refractivity contribution < 1.29 is 76.2 Å². The molecule has 6 heterocycles. The summed E-state index contributed by atoms with van der Waals surface area (Å²) in [5, 5.41) is 57.3. The number of nitrogens with two attached hydrogens (primary N) is 1. The monoisotopic (exact) mass is 1210 g/mol. The molecule has 7 rings (SSSR count). The summed E-state index contributed by atoms with van der Waals surface area (Å²) in [5.74, 6) is -1.15. The first-order valence-corrected chi connectivity index (χ1v) is 29.8. The quantitative estimate of drug-likeness (QED) is 0.0286. The summed E-state index contributed by atoms with van der Waals surface area (Å²) >= 11 is 3.21. The molecule has 3 aromatic rings. The van der Waals surface area contributed by atoms with Crippen LogP contribution in [0.2, 0.25) is 0 Å². The number of carboxylic acid groups (broad SMARTS) is 1. The second-order valence-electron chi connectivity index (χ2n) is 20.1. The van der Waals surface area contributed by atoms with Crippen LogP contribution < -0.4 is 43.0 Å². The number of rotatable bonds is 38. The van der Waals surface area contributed by atoms with Crippen LogP contribution in [0.4, 0.5) is 23.8 Å². The third kappa shape index (κ3) is 18.7. The predicted molar refractivity (Wildman–Crippen MR) is 296 cm³/mol. The lowest BCUT2D eigenvalue weighted by Gasteiger charge is -2.19. The lowest BCUT2D eigenvalue weighted by Crippen LogP contribution is -2.49. The third-order valence-electron chi connectivity index (χ3n) is 14.0. The first-order chi connectivity index (χ1) is 40.0. The van der Waals surface area contributed by atoms with Crippen molar-refractivity contribution in [2.75, 3.05) is 88.4 Å². The Morgan fingerprint density at radius 1 is 0.855 bits per heavy atom. The molecule has 0 aliphatic carbocycles. The Morgan fingerprint density at radius 3 is 2.23 bits per heavy atom. The molecule has 1 aromatic carbocycles. The molecule has 3 saturated heterocycles. The predicted octanol–water partition coefficient (Wildman–Crippen LogP) is 1.45. The van der Waals surface area contributed by atoms with Gasteiger partial charge < -0.3 is 77.2 Å². The number of hydrogen-bond acceptors (Lipinski definition) is 21. The Labute approximate surface area is 484 Å². The van der Waals surface area contributed by atoms with E-state index in [0.717, 1.165) is 49.3 Å². The number of thioether (sulfide) groups is 2. The molecule has 0 bridgehead atoms. The largest absolute Gasteiger partial charge is 0.480 e. The van der Waals surface area contributed by atoms with Gasteiger partial charge in [0, 0.05) is 73.7 Å². The molecular formula is C51H73F3N14O13S2. The maximum atomic E-state index is 13.6. The summed E-state index contributed by atoms with van der Waals surface area (Å²) in [5.41, 5.74) is 3.23. The van der Waals surface area contributed by atoms with E-state index in [1.165, 1.54) is 29.0 Å². The van der Waals surface area contributed by atoms with Gasteiger partial charge in [0.2, 0.25) is 17.7 Å². The highest BCUT2D eigenvalue weighted by Crippen LogP contribution is 2.52. The fourth-order valence-electron chi connectivity index (χ4n) is 9.30. The first-order valence-electron chi connectivity index (χ1n) is 27.6. The van der Waals surface area contributed by atoms with Gasteiger partial charge in [0.25, 0.3) is 5.91 Å². The molecule has 32 heteroatoms. The maximum Gasteiger partial charge on any atom is 0.442 e. The van der Waals surface area contributed by atoms with E-state index < -0.39 is 78.6 Å². The van der Waals surface area contributed by atoms with Gasteiger partial charge in [0.05, 0.1) is 57.4 Å². The number of ether oxygens (including phenoxy) is 4. The number of amides is 6. The number of imidazole rings is 1. The second kappa shape index (κ2) is 31.8. The summed E-state index contributed by atoms with van der Waals surface area (Å²) in [7, 11) is 0. The number of unbranched alkanes of at least 4 members (excludes halogenated alkanes) is 2. The molecular weight excluding hydrogens is 1140 g/mol. The highest BCUT2D eigenvalue weighted by Gasteiger charge is 2.65. The van der Waals surface area contributed by atoms with Crippen molar-refractivity contribution in [2.45, 2.75) is 130 Å². The number of benzene rings is 1. The first kappa shape index (κ1) is 64.6. The zero-order valence-corrected chi connectivity index (χ0v) is 47.2. The van der Waals surface area contributed by atoms with Crippen molar-refractivity contribution in [3.05, 3.63) is 48.0 Å². The van der Waals surface area contributed by atoms with Crippen molar-refractivity contribution in [1.82, 2.24) is 51.4 Å². The van der Waals surface area contributed by atoms with Crippen LogP contribution in [0.3, 0.4) is 0 Å². The van der Waals surface area contributed by atoms with Crippen molar-refractivity contribution in [1.29, 1.82) is 0 Å². The molecule has 4 aliphatic heterocycles. The fourth-order valence-corrected chi connectivity index (χ4v) is 11.9. The van der Waals surface area contributed by atoms with E-state index in [4.69, 9.17) is 29.8 Å². The van der Waals surface area contributed by atoms with Crippen LogP contribution in [0.15, 0.2) is 47.1 Å². The van der Waals surface area contributed by atoms with Crippen molar-refractivity contribution in [3.63, 3.8) is 0 Å². The summed E-state index contributed by atoms with van der Waals surface area (Å²) in [4.78, 5) is 87.8. The van der Waals surface area contributed by atoms with Crippen molar-refractivity contribution in [3.8, 4) is 0 Å². The Bertz CT molecular complexity index is 2660. The van der Waals surface area contributed by atoms with E-state index >= 15 is 0 Å². The molecule has 3 fully saturated rings. The molecule has 458 valence electrons. The minimum Gasteiger partial charge on any atom is -0.480 e. The number of alkyl halides is 3. The van der Waals surface area contributed by atoms with Crippen LogP contribution in [-0.2, 0) is 43.8 Å². The van der Waals surface area contributed by atoms with Gasteiger partial charge in [0.15, 0.2) is 23.2 Å². The van der Waals surface area contributed by atoms with E-state index in [2.05, 4.69) is 62.4 Å². The van der Waals surface area contributed by atoms with E-state index in [9.17, 15) is 52.2 Å². The number of nitrogens with zero attached hydrogens (tertiary/aromatic N) is 6. The molecule has 0 saturated carbocycles. The van der Waals surface area contributed by atoms with Crippen LogP contribution in [-0.4, -0.2) is 207 Å². The normalized spacial score (nSPS) is 22.1. The van der Waals surface area contributed by atoms with Gasteiger partial charge in [-0.15, -0.1) is 10.2 Å². The number of carboxylic acids is 1. The number of aromatic nitrogens is 4. The van der Waals surface area contributed by atoms with E-state index in [1.807, 2.05) is 11.8 Å². The van der Waals surface area contributed by atoms with Crippen LogP contribution >= 0.6 is 23.5 Å². The Hall–Kier alpha value is -6.00. The minimum atomic E-state index is -4.77. The number of nitrogens with one attached hydrogen (secondary N) is 7. The van der Waals surface area contributed by atoms with Crippen LogP contribution in [0, 0.1) is 0 Å². The van der Waals surface area contributed by atoms with Gasteiger partial charge in [0.1, 0.15) is 30.6 Å². The number of aliphatic carboxylic acids is 1. The summed E-state index contributed by atoms with van der Waals surface area (Å²) in [6.07, 6.45) is -1.43. The molecule has 4 aliphatic rings. The molecule has 83 heavy (non-hydrogen) atoms. The topological polar surface area (TPSA) is 379 Å². The molecule has 2 unspecified atom stereocenters. The van der Waals surface area contributed by atoms with Crippen LogP contribution in [0.1, 0.15) is 86.4 Å². The van der Waals surface area contributed by atoms with Crippen molar-refractivity contribution >= 4 is 76.1 Å². The zero-order valence-electron chi connectivity index (χ0n) is 45.6. The summed E-state index contributed by atoms with van der Waals surface area (Å²) in [6, 6.07) is 2.35. The maximum absolute atomic E-state index is 13.6. The van der Waals surface area contributed by atoms with Gasteiger partial charge in [-0.2, -0.15) is 36.7 Å². The van der Waals surface area contributed by atoms with E-state index in [1.54, 1.807) is 0 Å². The molecule has 27 nitrogen and oxygen atoms in total. The number of anilines is 1. The highest BCUT2D eigenvalue weighted by molar-refractivity contribution is 8.00. The van der Waals surface area contributed by atoms with Crippen LogP contribution in [0.25, 0.3) is 11.2 Å². The van der Waals surface area contributed by atoms with E-state index in [-0.39, 0.29) is 73.6 Å². The van der Waals surface area contributed by atoms with Crippen molar-refractivity contribution in [2.24, 2.45) is 16.0 Å². The number of halogens is 3. The fraction of sp³-hybridized carbons (Fsp3) is 0.667. The SMILES string of the molecule is N[C@@H](CCSC[C@H]1O[C@@H](n2cnc3c(NCCCCNC(=O)C[C@H](NC(=O)c4ccc(C5(C(F)(F)F)N=N5)cc4)C(=O)NCCCOCCOCCOCCCNC(=O)CCCC[C@@H]4SC[C@@H]5NC(=O)N[C@@H]54)ncnc32)C(O)C1O)C(=O)O. The minimum absolute atomic E-state index is 0.00782. The molecule has 2 aromatic heterocycles. The molecule has 0 spiro atoms. The third-order valence-corrected chi connectivity index (χ3v) is 16.6. The Balaban J connectivity index is 0.758. The van der Waals surface area contributed by atoms with Gasteiger partial charge >= 0.3 is 23.8 Å². The average molecular weight is 1210 g/mol. The molecule has 12 N–H and O–H groups in total. The summed E-state index contributed by atoms with van der Waals surface area (Å²) < 4.78 is 65.0. The van der Waals surface area contributed by atoms with E-state index in [0.29, 0.717) is 99.6 Å². The van der Waals surface area contributed by atoms with Gasteiger partial charge in [-0.25, -0.2) is 19.7 Å². The number of aliphatic hydroxyl groups is 2. The number of hydrogen-bond donors (Lipinski definition) is 11. The van der Waals surface area contributed by atoms with Crippen LogP contribution in [0.5, 0.6) is 0 Å². The van der Waals surface area contributed by atoms with Gasteiger partial charge in [-0.05, 0) is 62.8 Å². The lowest BCUT2D eigenvalue weighted by molar-refractivity contribution is -0.166. The van der Waals surface area contributed by atoms with Gasteiger partial charge in [-0.3, -0.25) is 28.5 Å². The average Bonchev–Trinajstić information content (AvgIpc) is 3.66. The standard InChI is InChI=1S/C51H73F3N14O13S2/c52-51(53,54)50(66-67-50)31-11-9-30(10-12-31)45(73)63-33(46(74)59-17-6-19-79-21-23-80-22-20-78-18-5-16-56-37(69)8-2-1-7-36-39-34(26-83-36)64-49(77)65-39)25-38(70)57-14-3-4-15-58-43-40-44(61-28-60-43)68(29-62-40)47-42(72)41(71)35(81-47)27-82-24-13-32(55)48(75)76/h9-12,28-29,32-36,39,41-42,47,71-72H,1-8,13-27,55H2,(H,56,69)(H,57,70)(H,59,74)(H,63,73)(H,75,76)(H,58,60,61)(H2,64,65,77)/t32-,33-,34-,35+,36-,39-,41?,42?,47+/m0/s1. The number of carbonyl (C=O) groups is 6. The molecule has 6 amide bonds. The zero-order chi connectivity index (χ0) is 59.4. The number of urea groups is 1. The molecule has 0 radical (unpaired) electrons. The Kier molecular flexibility index (Phi) is 24.7. The summed E-state index contributed by atoms with van der Waals surface area (Å²) in [6.45, 7) is 3.22. The lowest BCUT2D eigenvalue weighted by atomic mass is 10.0. The number of carbonyl (C=O) groups excluding carboxylic acids is 5. The number of fused-ring (bicyclic) bond motifs is 2. The number of aliphatic hydroxyl groups excluding tert-OH is 2. The highest BCUT2D eigenvalue weighted by atomic mass is 32.2. The smallest absolute Gasteiger partial charge is 0.442 e. The second-order valence-corrected chi connectivity index (χ2v) is 22.5.